The topological polar surface area (TPSA) is 125 Å². The molecule has 29 heavy (non-hydrogen) atoms. The first-order valence-electron chi connectivity index (χ1n) is 9.89. The van der Waals surface area contributed by atoms with Crippen LogP contribution in [-0.4, -0.2) is 65.1 Å². The van der Waals surface area contributed by atoms with Crippen molar-refractivity contribution in [2.75, 3.05) is 19.4 Å². The largest absolute Gasteiger partial charge is 0.464 e. The number of carbonyl (C=O) groups is 3. The molecule has 0 N–H and O–H groups in total. The van der Waals surface area contributed by atoms with Gasteiger partial charge in [0, 0.05) is 30.2 Å². The fourth-order valence-corrected chi connectivity index (χ4v) is 4.01. The van der Waals surface area contributed by atoms with Crippen molar-refractivity contribution in [2.45, 2.75) is 65.6 Å². The van der Waals surface area contributed by atoms with Crippen molar-refractivity contribution in [3.8, 4) is 0 Å². The molecule has 0 fully saturated rings. The molecule has 1 aliphatic rings. The van der Waals surface area contributed by atoms with Gasteiger partial charge in [0.25, 0.3) is 0 Å². The van der Waals surface area contributed by atoms with E-state index in [0.717, 1.165) is 0 Å². The Balaban J connectivity index is 2.93. The number of hydrogen-bond acceptors (Lipinski definition) is 7. The Morgan fingerprint density at radius 2 is 2.00 bits per heavy atom. The van der Waals surface area contributed by atoms with Gasteiger partial charge in [-0.15, -0.1) is 11.8 Å². The number of ether oxygens (including phenoxy) is 1. The third kappa shape index (κ3) is 6.75. The van der Waals surface area contributed by atoms with Crippen LogP contribution in [0.5, 0.6) is 0 Å². The molecule has 9 nitrogen and oxygen atoms in total. The maximum atomic E-state index is 12.9. The summed E-state index contributed by atoms with van der Waals surface area (Å²) in [6.45, 7) is 9.64. The number of ketones is 1. The molecule has 4 atom stereocenters. The number of thioether (sulfide) groups is 1. The quantitative estimate of drug-likeness (QED) is 0.217. The smallest absolute Gasteiger partial charge is 0.331 e. The lowest BCUT2D eigenvalue weighted by atomic mass is 9.94. The second-order valence-corrected chi connectivity index (χ2v) is 8.44. The number of aliphatic imine (C=N–C) groups is 1. The number of carbonyl (C=O) groups excluding carboxylic acids is 3. The van der Waals surface area contributed by atoms with Gasteiger partial charge >= 0.3 is 5.97 Å². The molecule has 1 heterocycles. The van der Waals surface area contributed by atoms with Gasteiger partial charge in [-0.1, -0.05) is 39.2 Å². The minimum Gasteiger partial charge on any atom is -0.464 e. The van der Waals surface area contributed by atoms with Crippen molar-refractivity contribution in [1.82, 2.24) is 4.90 Å². The third-order valence-corrected chi connectivity index (χ3v) is 6.16. The van der Waals surface area contributed by atoms with Crippen LogP contribution < -0.4 is 0 Å². The number of esters is 1. The van der Waals surface area contributed by atoms with Crippen LogP contribution in [0.25, 0.3) is 10.4 Å². The number of azide groups is 1. The highest BCUT2D eigenvalue weighted by Crippen LogP contribution is 2.24. The fraction of sp³-hybridized carbons (Fsp3) is 0.789. The van der Waals surface area contributed by atoms with Gasteiger partial charge in [-0.3, -0.25) is 14.6 Å². The molecular formula is C19H31N5O4S. The summed E-state index contributed by atoms with van der Waals surface area (Å²) in [5, 5.41) is 3.98. The summed E-state index contributed by atoms with van der Waals surface area (Å²) in [6.07, 6.45) is 0.780. The summed E-state index contributed by atoms with van der Waals surface area (Å²) in [5.74, 6) is -0.651. The minimum atomic E-state index is -0.808. The molecule has 0 aromatic carbocycles. The summed E-state index contributed by atoms with van der Waals surface area (Å²) in [4.78, 5) is 46.1. The first kappa shape index (κ1) is 25.0. The van der Waals surface area contributed by atoms with Gasteiger partial charge in [-0.05, 0) is 24.3 Å². The van der Waals surface area contributed by atoms with Crippen LogP contribution in [0, 0.1) is 11.8 Å². The van der Waals surface area contributed by atoms with Gasteiger partial charge < -0.3 is 9.64 Å². The van der Waals surface area contributed by atoms with E-state index in [4.69, 9.17) is 10.3 Å². The number of hydrogen-bond donors (Lipinski definition) is 0. The Bertz CT molecular complexity index is 690. The Labute approximate surface area is 176 Å². The van der Waals surface area contributed by atoms with E-state index in [1.807, 2.05) is 27.7 Å². The molecule has 1 amide bonds. The molecule has 0 aromatic heterocycles. The zero-order valence-electron chi connectivity index (χ0n) is 18.0. The summed E-state index contributed by atoms with van der Waals surface area (Å²) < 4.78 is 4.96. The van der Waals surface area contributed by atoms with Crippen LogP contribution in [0.3, 0.4) is 0 Å². The Morgan fingerprint density at radius 3 is 2.52 bits per heavy atom. The predicted molar refractivity (Wildman–Crippen MR) is 114 cm³/mol. The SMILES string of the molecule is CCOC(=O)C1CSC(C(=O)C[C@H](C(C)C)N(C)C(=O)[C@@H](N=[N+]=[N-])C(C)CC)=N1. The Kier molecular flexibility index (Phi) is 10.2. The maximum Gasteiger partial charge on any atom is 0.331 e. The van der Waals surface area contributed by atoms with Crippen molar-refractivity contribution < 1.29 is 19.1 Å². The van der Waals surface area contributed by atoms with Crippen LogP contribution in [-0.2, 0) is 19.1 Å². The highest BCUT2D eigenvalue weighted by atomic mass is 32.2. The number of amides is 1. The molecule has 0 saturated heterocycles. The molecule has 10 heteroatoms. The van der Waals surface area contributed by atoms with Crippen molar-refractivity contribution >= 4 is 34.5 Å². The zero-order valence-corrected chi connectivity index (χ0v) is 18.8. The van der Waals surface area contributed by atoms with Gasteiger partial charge in [0.15, 0.2) is 11.8 Å². The first-order chi connectivity index (χ1) is 13.7. The van der Waals surface area contributed by atoms with Gasteiger partial charge in [-0.2, -0.15) is 0 Å². The zero-order chi connectivity index (χ0) is 22.1. The van der Waals surface area contributed by atoms with Crippen LogP contribution in [0.15, 0.2) is 10.1 Å². The van der Waals surface area contributed by atoms with Gasteiger partial charge in [0.05, 0.1) is 6.61 Å². The Hall–Kier alpha value is -2.06. The molecular weight excluding hydrogens is 394 g/mol. The molecule has 0 radical (unpaired) electrons. The molecule has 0 spiro atoms. The lowest BCUT2D eigenvalue weighted by molar-refractivity contribution is -0.143. The van der Waals surface area contributed by atoms with Crippen molar-refractivity contribution in [3.05, 3.63) is 10.4 Å². The summed E-state index contributed by atoms with van der Waals surface area (Å²) in [7, 11) is 1.63. The van der Waals surface area contributed by atoms with E-state index in [-0.39, 0.29) is 42.6 Å². The van der Waals surface area contributed by atoms with Crippen molar-refractivity contribution in [2.24, 2.45) is 21.9 Å². The summed E-state index contributed by atoms with van der Waals surface area (Å²) in [5.41, 5.74) is 8.83. The molecule has 1 aliphatic heterocycles. The molecule has 162 valence electrons. The molecule has 1 rings (SSSR count). The van der Waals surface area contributed by atoms with Crippen LogP contribution >= 0.6 is 11.8 Å². The normalized spacial score (nSPS) is 19.0. The highest BCUT2D eigenvalue weighted by Gasteiger charge is 2.35. The Morgan fingerprint density at radius 1 is 1.34 bits per heavy atom. The van der Waals surface area contributed by atoms with Gasteiger partial charge in [0.1, 0.15) is 11.1 Å². The minimum absolute atomic E-state index is 0.00408. The lowest BCUT2D eigenvalue weighted by Crippen LogP contribution is -2.47. The number of Topliss-reactive ketones (excluding diaryl/α,β-unsaturated/α-hetero) is 1. The molecule has 0 bridgehead atoms. The monoisotopic (exact) mass is 425 g/mol. The predicted octanol–water partition coefficient (Wildman–Crippen LogP) is 3.23. The van der Waals surface area contributed by atoms with E-state index in [0.29, 0.717) is 17.2 Å². The van der Waals surface area contributed by atoms with E-state index >= 15 is 0 Å². The first-order valence-corrected chi connectivity index (χ1v) is 10.9. The summed E-state index contributed by atoms with van der Waals surface area (Å²) in [6, 6.07) is -1.84. The van der Waals surface area contributed by atoms with Crippen LogP contribution in [0.4, 0.5) is 0 Å². The number of rotatable bonds is 11. The second kappa shape index (κ2) is 11.8. The van der Waals surface area contributed by atoms with Gasteiger partial charge in [-0.25, -0.2) is 4.79 Å². The molecule has 2 unspecified atom stereocenters. The highest BCUT2D eigenvalue weighted by molar-refractivity contribution is 8.16. The lowest BCUT2D eigenvalue weighted by Gasteiger charge is -2.33. The average Bonchev–Trinajstić information content (AvgIpc) is 3.19. The van der Waals surface area contributed by atoms with E-state index in [9.17, 15) is 14.4 Å². The third-order valence-electron chi connectivity index (χ3n) is 5.07. The molecule has 0 aromatic rings. The van der Waals surface area contributed by atoms with Gasteiger partial charge in [0.2, 0.25) is 5.91 Å². The standard InChI is InChI=1S/C19H31N5O4S/c1-7-12(5)16(22-23-20)18(26)24(6)14(11(3)4)9-15(25)17-21-13(10-29-17)19(27)28-8-2/h11-14,16H,7-10H2,1-6H3/t12?,13?,14-,16+/m1/s1. The van der Waals surface area contributed by atoms with Crippen molar-refractivity contribution in [3.63, 3.8) is 0 Å². The van der Waals surface area contributed by atoms with E-state index in [1.165, 1.54) is 16.7 Å². The van der Waals surface area contributed by atoms with E-state index in [1.54, 1.807) is 14.0 Å². The second-order valence-electron chi connectivity index (χ2n) is 7.44. The van der Waals surface area contributed by atoms with E-state index < -0.39 is 18.1 Å². The van der Waals surface area contributed by atoms with E-state index in [2.05, 4.69) is 15.0 Å². The fourth-order valence-electron chi connectivity index (χ4n) is 3.04. The van der Waals surface area contributed by atoms with Crippen LogP contribution in [0.1, 0.15) is 47.5 Å². The number of likely N-dealkylation sites (N-methyl/N-ethyl adjacent to an activating group) is 1. The maximum absolute atomic E-state index is 12.9. The van der Waals surface area contributed by atoms with Crippen molar-refractivity contribution in [1.29, 1.82) is 0 Å². The van der Waals surface area contributed by atoms with Crippen LogP contribution in [0.2, 0.25) is 0 Å². The summed E-state index contributed by atoms with van der Waals surface area (Å²) >= 11 is 1.24. The average molecular weight is 426 g/mol. The molecule has 0 saturated carbocycles. The molecule has 0 aliphatic carbocycles. The number of nitrogens with zero attached hydrogens (tertiary/aromatic N) is 5.